The summed E-state index contributed by atoms with van der Waals surface area (Å²) in [6.45, 7) is 5.44. The normalized spacial score (nSPS) is 19.0. The van der Waals surface area contributed by atoms with Gasteiger partial charge in [0.25, 0.3) is 0 Å². The number of aliphatic hydroxyl groups is 1. The first kappa shape index (κ1) is 22.7. The van der Waals surface area contributed by atoms with Crippen molar-refractivity contribution in [2.24, 2.45) is 0 Å². The summed E-state index contributed by atoms with van der Waals surface area (Å²) >= 11 is 0. The lowest BCUT2D eigenvalue weighted by atomic mass is 9.69. The number of methoxy groups -OCH3 is 1. The molecule has 3 aromatic rings. The van der Waals surface area contributed by atoms with Crippen LogP contribution in [-0.2, 0) is 5.41 Å². The number of urea groups is 1. The first-order valence-corrected chi connectivity index (χ1v) is 10.6. The van der Waals surface area contributed by atoms with Crippen LogP contribution in [-0.4, -0.2) is 34.1 Å². The van der Waals surface area contributed by atoms with Gasteiger partial charge in [0.1, 0.15) is 5.82 Å². The van der Waals surface area contributed by atoms with Gasteiger partial charge in [-0.25, -0.2) is 18.3 Å². The van der Waals surface area contributed by atoms with E-state index in [1.54, 1.807) is 6.92 Å². The van der Waals surface area contributed by atoms with E-state index < -0.39 is 35.2 Å². The van der Waals surface area contributed by atoms with Crippen molar-refractivity contribution >= 4 is 11.8 Å². The summed E-state index contributed by atoms with van der Waals surface area (Å²) in [5.41, 5.74) is 1.62. The average molecular weight is 456 g/mol. The molecule has 174 valence electrons. The summed E-state index contributed by atoms with van der Waals surface area (Å²) in [6.07, 6.45) is -0.719. The molecular weight excluding hydrogens is 430 g/mol. The number of halogens is 2. The number of nitrogens with one attached hydrogen (secondary N) is 2. The van der Waals surface area contributed by atoms with Gasteiger partial charge in [-0.3, -0.25) is 5.32 Å². The van der Waals surface area contributed by atoms with E-state index in [2.05, 4.69) is 15.7 Å². The van der Waals surface area contributed by atoms with E-state index in [9.17, 15) is 18.7 Å². The van der Waals surface area contributed by atoms with Crippen molar-refractivity contribution in [1.29, 1.82) is 0 Å². The summed E-state index contributed by atoms with van der Waals surface area (Å²) in [5, 5.41) is 20.6. The third-order valence-corrected chi connectivity index (χ3v) is 6.05. The fourth-order valence-corrected chi connectivity index (χ4v) is 4.39. The number of para-hydroxylation sites is 1. The number of hydrogen-bond donors (Lipinski definition) is 3. The minimum absolute atomic E-state index is 0.269. The molecule has 0 radical (unpaired) electrons. The Morgan fingerprint density at radius 1 is 1.21 bits per heavy atom. The molecule has 0 saturated heterocycles. The topological polar surface area (TPSA) is 88.4 Å². The third-order valence-electron chi connectivity index (χ3n) is 6.05. The molecule has 2 aromatic carbocycles. The van der Waals surface area contributed by atoms with Crippen LogP contribution < -0.4 is 15.4 Å². The maximum Gasteiger partial charge on any atom is 0.320 e. The van der Waals surface area contributed by atoms with E-state index in [4.69, 9.17) is 4.74 Å². The summed E-state index contributed by atoms with van der Waals surface area (Å²) in [6, 6.07) is 9.84. The standard InChI is InChI=1S/C24H26F2N4O3/c1-13-21(30(29-22(13)33-4)14-8-6-5-7-9-14)28-23(32)27-20-15-10-17(25)18(26)11-16(15)24(2,3)12-19(20)31/h5-11,19-20,31H,12H2,1-4H3,(H2,27,28,32)/t19-,20-/m1/s1. The van der Waals surface area contributed by atoms with Crippen molar-refractivity contribution in [2.45, 2.75) is 44.8 Å². The zero-order valence-corrected chi connectivity index (χ0v) is 18.8. The molecule has 1 aliphatic rings. The van der Waals surface area contributed by atoms with E-state index in [0.29, 0.717) is 34.1 Å². The van der Waals surface area contributed by atoms with Crippen LogP contribution in [0.15, 0.2) is 42.5 Å². The van der Waals surface area contributed by atoms with E-state index in [1.165, 1.54) is 11.8 Å². The van der Waals surface area contributed by atoms with Crippen molar-refractivity contribution in [1.82, 2.24) is 15.1 Å². The Morgan fingerprint density at radius 3 is 2.55 bits per heavy atom. The molecule has 0 bridgehead atoms. The van der Waals surface area contributed by atoms with Crippen LogP contribution in [0, 0.1) is 18.6 Å². The quantitative estimate of drug-likeness (QED) is 0.544. The fraction of sp³-hybridized carbons (Fsp3) is 0.333. The van der Waals surface area contributed by atoms with Crippen LogP contribution in [0.3, 0.4) is 0 Å². The van der Waals surface area contributed by atoms with Crippen LogP contribution >= 0.6 is 0 Å². The highest BCUT2D eigenvalue weighted by molar-refractivity contribution is 5.90. The summed E-state index contributed by atoms with van der Waals surface area (Å²) in [4.78, 5) is 13.0. The lowest BCUT2D eigenvalue weighted by Gasteiger charge is -2.40. The van der Waals surface area contributed by atoms with Gasteiger partial charge in [-0.2, -0.15) is 0 Å². The lowest BCUT2D eigenvalue weighted by Crippen LogP contribution is -2.45. The number of aliphatic hydroxyl groups excluding tert-OH is 1. The Morgan fingerprint density at radius 2 is 1.88 bits per heavy atom. The molecule has 0 aliphatic heterocycles. The van der Waals surface area contributed by atoms with E-state index in [-0.39, 0.29) is 6.42 Å². The number of anilines is 1. The predicted molar refractivity (Wildman–Crippen MR) is 120 cm³/mol. The third kappa shape index (κ3) is 4.16. The monoisotopic (exact) mass is 456 g/mol. The van der Waals surface area contributed by atoms with E-state index in [0.717, 1.165) is 12.1 Å². The maximum atomic E-state index is 14.1. The van der Waals surface area contributed by atoms with Gasteiger partial charge < -0.3 is 15.2 Å². The van der Waals surface area contributed by atoms with Gasteiger partial charge in [-0.05, 0) is 54.2 Å². The number of ether oxygens (including phenoxy) is 1. The Hall–Kier alpha value is -3.46. The number of amides is 2. The van der Waals surface area contributed by atoms with Crippen molar-refractivity contribution < 1.29 is 23.4 Å². The largest absolute Gasteiger partial charge is 0.480 e. The number of nitrogens with zero attached hydrogens (tertiary/aromatic N) is 2. The summed E-state index contributed by atoms with van der Waals surface area (Å²) in [7, 11) is 1.49. The SMILES string of the molecule is COc1nn(-c2ccccc2)c(NC(=O)N[C@@H]2c3cc(F)c(F)cc3C(C)(C)C[C@H]2O)c1C. The number of carbonyl (C=O) groups is 1. The minimum atomic E-state index is -1.03. The van der Waals surface area contributed by atoms with Crippen molar-refractivity contribution in [2.75, 3.05) is 12.4 Å². The van der Waals surface area contributed by atoms with Crippen LogP contribution in [0.2, 0.25) is 0 Å². The smallest absolute Gasteiger partial charge is 0.320 e. The van der Waals surface area contributed by atoms with Crippen LogP contribution in [0.1, 0.15) is 43.0 Å². The molecule has 1 heterocycles. The van der Waals surface area contributed by atoms with Crippen molar-refractivity contribution in [3.05, 3.63) is 70.8 Å². The summed E-state index contributed by atoms with van der Waals surface area (Å²) < 4.78 is 34.9. The number of aromatic nitrogens is 2. The highest BCUT2D eigenvalue weighted by atomic mass is 19.2. The van der Waals surface area contributed by atoms with Gasteiger partial charge in [-0.15, -0.1) is 5.10 Å². The first-order chi connectivity index (χ1) is 15.6. The van der Waals surface area contributed by atoms with Gasteiger partial charge in [0, 0.05) is 0 Å². The molecule has 1 aliphatic carbocycles. The molecule has 33 heavy (non-hydrogen) atoms. The number of carbonyl (C=O) groups excluding carboxylic acids is 1. The fourth-order valence-electron chi connectivity index (χ4n) is 4.39. The molecule has 2 atom stereocenters. The maximum absolute atomic E-state index is 14.1. The van der Waals surface area contributed by atoms with Gasteiger partial charge >= 0.3 is 6.03 Å². The molecule has 0 fully saturated rings. The van der Waals surface area contributed by atoms with E-state index in [1.807, 2.05) is 44.2 Å². The highest BCUT2D eigenvalue weighted by Crippen LogP contribution is 2.42. The lowest BCUT2D eigenvalue weighted by molar-refractivity contribution is 0.0878. The van der Waals surface area contributed by atoms with Crippen molar-refractivity contribution in [3.8, 4) is 11.6 Å². The molecule has 7 nitrogen and oxygen atoms in total. The zero-order valence-electron chi connectivity index (χ0n) is 18.8. The Balaban J connectivity index is 1.66. The van der Waals surface area contributed by atoms with Crippen LogP contribution in [0.4, 0.5) is 19.4 Å². The van der Waals surface area contributed by atoms with Crippen molar-refractivity contribution in [3.63, 3.8) is 0 Å². The molecule has 1 aromatic heterocycles. The number of fused-ring (bicyclic) bond motifs is 1. The highest BCUT2D eigenvalue weighted by Gasteiger charge is 2.40. The second-order valence-corrected chi connectivity index (χ2v) is 8.82. The second-order valence-electron chi connectivity index (χ2n) is 8.82. The predicted octanol–water partition coefficient (Wildman–Crippen LogP) is 4.37. The number of benzene rings is 2. The first-order valence-electron chi connectivity index (χ1n) is 10.6. The average Bonchev–Trinajstić information content (AvgIpc) is 3.08. The Kier molecular flexibility index (Phi) is 5.84. The number of hydrogen-bond acceptors (Lipinski definition) is 4. The van der Waals surface area contributed by atoms with E-state index >= 15 is 0 Å². The van der Waals surface area contributed by atoms with Gasteiger partial charge in [0.15, 0.2) is 11.6 Å². The molecule has 0 saturated carbocycles. The van der Waals surface area contributed by atoms with Crippen LogP contribution in [0.25, 0.3) is 5.69 Å². The molecule has 2 amide bonds. The Labute approximate surface area is 190 Å². The molecule has 4 rings (SSSR count). The minimum Gasteiger partial charge on any atom is -0.480 e. The van der Waals surface area contributed by atoms with Gasteiger partial charge in [-0.1, -0.05) is 32.0 Å². The Bertz CT molecular complexity index is 1190. The molecule has 0 unspecified atom stereocenters. The zero-order chi connectivity index (χ0) is 23.9. The van der Waals surface area contributed by atoms with Crippen LogP contribution in [0.5, 0.6) is 5.88 Å². The second kappa shape index (κ2) is 8.47. The van der Waals surface area contributed by atoms with Gasteiger partial charge in [0.2, 0.25) is 5.88 Å². The molecule has 3 N–H and O–H groups in total. The van der Waals surface area contributed by atoms with Gasteiger partial charge in [0.05, 0.1) is 30.5 Å². The molecule has 9 heteroatoms. The molecular formula is C24H26F2N4O3. The summed E-state index contributed by atoms with van der Waals surface area (Å²) in [5.74, 6) is -1.27. The molecule has 0 spiro atoms. The number of rotatable bonds is 4.